The number of fused-ring (bicyclic) bond motifs is 2. The third kappa shape index (κ3) is 5.77. The van der Waals surface area contributed by atoms with E-state index in [1.165, 1.54) is 4.90 Å². The van der Waals surface area contributed by atoms with E-state index in [-0.39, 0.29) is 42.5 Å². The molecular weight excluding hydrogens is 582 g/mol. The first-order valence-electron chi connectivity index (χ1n) is 15.0. The van der Waals surface area contributed by atoms with Crippen LogP contribution in [-0.4, -0.2) is 82.9 Å². The lowest BCUT2D eigenvalue weighted by Crippen LogP contribution is -2.46. The van der Waals surface area contributed by atoms with Crippen molar-refractivity contribution in [3.8, 4) is 5.75 Å². The molecule has 3 N–H and O–H groups in total. The van der Waals surface area contributed by atoms with Gasteiger partial charge in [0.25, 0.3) is 17.4 Å². The van der Waals surface area contributed by atoms with Crippen LogP contribution in [0.4, 0.5) is 11.4 Å². The molecule has 44 heavy (non-hydrogen) atoms. The summed E-state index contributed by atoms with van der Waals surface area (Å²) in [5.41, 5.74) is 4.41. The third-order valence-corrected chi connectivity index (χ3v) is 9.00. The minimum atomic E-state index is -0.883. The summed E-state index contributed by atoms with van der Waals surface area (Å²) in [5.74, 6) is -0.0739. The molecule has 0 radical (unpaired) electrons. The fourth-order valence-electron chi connectivity index (χ4n) is 6.24. The first kappa shape index (κ1) is 30.1. The van der Waals surface area contributed by atoms with Gasteiger partial charge < -0.3 is 25.0 Å². The molecule has 1 fully saturated rings. The molecule has 1 aromatic heterocycles. The molecule has 2 amide bonds. The van der Waals surface area contributed by atoms with Crippen LogP contribution in [0, 0.1) is 6.92 Å². The number of ether oxygens (including phenoxy) is 1. The summed E-state index contributed by atoms with van der Waals surface area (Å²) in [4.78, 5) is 51.2. The molecule has 0 bridgehead atoms. The fourth-order valence-corrected chi connectivity index (χ4v) is 6.53. The van der Waals surface area contributed by atoms with Gasteiger partial charge in [0.05, 0.1) is 38.8 Å². The average Bonchev–Trinajstić information content (AvgIpc) is 3.23. The molecule has 3 aromatic rings. The Morgan fingerprint density at radius 3 is 2.57 bits per heavy atom. The first-order valence-corrected chi connectivity index (χ1v) is 15.3. The van der Waals surface area contributed by atoms with Gasteiger partial charge in [-0.25, -0.2) is 0 Å². The molecule has 0 saturated carbocycles. The number of hydrogen-bond acceptors (Lipinski definition) is 8. The number of nitrogens with one attached hydrogen (secondary N) is 2. The Bertz CT molecular complexity index is 1710. The number of aliphatic hydroxyl groups is 1. The minimum absolute atomic E-state index is 0.00605. The molecule has 4 heterocycles. The van der Waals surface area contributed by atoms with Crippen LogP contribution in [0.3, 0.4) is 0 Å². The number of aromatic nitrogens is 1. The van der Waals surface area contributed by atoms with Crippen LogP contribution >= 0.6 is 11.6 Å². The Balaban J connectivity index is 1.22. The summed E-state index contributed by atoms with van der Waals surface area (Å²) in [6.07, 6.45) is 2.64. The highest BCUT2D eigenvalue weighted by atomic mass is 35.5. The highest BCUT2D eigenvalue weighted by molar-refractivity contribution is 6.32. The van der Waals surface area contributed by atoms with Crippen molar-refractivity contribution in [3.05, 3.63) is 85.8 Å². The lowest BCUT2D eigenvalue weighted by Gasteiger charge is -2.33. The van der Waals surface area contributed by atoms with Crippen LogP contribution in [0.5, 0.6) is 5.75 Å². The number of carbonyl (C=O) groups is 2. The van der Waals surface area contributed by atoms with E-state index in [2.05, 4.69) is 15.2 Å². The smallest absolute Gasteiger partial charge is 0.261 e. The van der Waals surface area contributed by atoms with E-state index in [9.17, 15) is 19.5 Å². The van der Waals surface area contributed by atoms with Crippen molar-refractivity contribution in [2.45, 2.75) is 51.2 Å². The van der Waals surface area contributed by atoms with Crippen LogP contribution in [0.15, 0.2) is 52.4 Å². The van der Waals surface area contributed by atoms with E-state index in [1.54, 1.807) is 30.5 Å². The third-order valence-electron chi connectivity index (χ3n) is 8.70. The number of carbonyl (C=O) groups excluding carboxylic acids is 2. The summed E-state index contributed by atoms with van der Waals surface area (Å²) < 4.78 is 5.70. The van der Waals surface area contributed by atoms with Crippen LogP contribution in [-0.2, 0) is 0 Å². The van der Waals surface area contributed by atoms with Gasteiger partial charge >= 0.3 is 0 Å². The molecule has 6 rings (SSSR count). The highest BCUT2D eigenvalue weighted by Gasteiger charge is 2.42. The van der Waals surface area contributed by atoms with E-state index < -0.39 is 6.10 Å². The van der Waals surface area contributed by atoms with Crippen molar-refractivity contribution >= 4 is 40.5 Å². The quantitative estimate of drug-likeness (QED) is 0.318. The number of likely N-dealkylation sites (tertiary alicyclic amines) is 1. The number of imide groups is 1. The SMILES string of the molecule is Cc1ccc(OCC(O)CNc2cc[nH]c(=O)c2C2=Nc3cc4c(cc3C(C)C2)C(=O)N(C2CCN(C)CC2)C4=O)c(Cl)c1. The molecule has 0 aliphatic carbocycles. The van der Waals surface area contributed by atoms with Crippen molar-refractivity contribution < 1.29 is 19.4 Å². The summed E-state index contributed by atoms with van der Waals surface area (Å²) in [5, 5.41) is 14.3. The van der Waals surface area contributed by atoms with Crippen molar-refractivity contribution in [1.82, 2.24) is 14.8 Å². The first-order chi connectivity index (χ1) is 21.1. The zero-order chi connectivity index (χ0) is 31.1. The number of pyridine rings is 1. The Morgan fingerprint density at radius 1 is 1.11 bits per heavy atom. The van der Waals surface area contributed by atoms with E-state index in [1.807, 2.05) is 33.0 Å². The monoisotopic (exact) mass is 617 g/mol. The number of rotatable bonds is 8. The number of aliphatic hydroxyl groups excluding tert-OH is 1. The lowest BCUT2D eigenvalue weighted by atomic mass is 9.86. The zero-order valence-electron chi connectivity index (χ0n) is 25.0. The zero-order valence-corrected chi connectivity index (χ0v) is 25.8. The molecule has 1 saturated heterocycles. The molecule has 3 aliphatic heterocycles. The highest BCUT2D eigenvalue weighted by Crippen LogP contribution is 2.41. The number of halogens is 1. The Morgan fingerprint density at radius 2 is 1.84 bits per heavy atom. The second-order valence-electron chi connectivity index (χ2n) is 12.0. The number of H-pyrrole nitrogens is 1. The Labute approximate surface area is 260 Å². The van der Waals surface area contributed by atoms with Gasteiger partial charge in [-0.05, 0) is 93.7 Å². The minimum Gasteiger partial charge on any atom is -0.489 e. The molecular formula is C33H36ClN5O5. The van der Waals surface area contributed by atoms with E-state index in [0.29, 0.717) is 51.0 Å². The van der Waals surface area contributed by atoms with Crippen LogP contribution < -0.4 is 15.6 Å². The predicted molar refractivity (Wildman–Crippen MR) is 170 cm³/mol. The predicted octanol–water partition coefficient (Wildman–Crippen LogP) is 4.51. The van der Waals surface area contributed by atoms with Gasteiger partial charge in [0.1, 0.15) is 18.5 Å². The van der Waals surface area contributed by atoms with Crippen molar-refractivity contribution in [2.75, 3.05) is 38.6 Å². The van der Waals surface area contributed by atoms with Gasteiger partial charge in [0.15, 0.2) is 0 Å². The number of benzene rings is 2. The number of aliphatic imine (C=N–C) groups is 1. The van der Waals surface area contributed by atoms with Gasteiger partial charge in [0.2, 0.25) is 0 Å². The summed E-state index contributed by atoms with van der Waals surface area (Å²) in [7, 11) is 2.04. The van der Waals surface area contributed by atoms with Crippen LogP contribution in [0.25, 0.3) is 0 Å². The van der Waals surface area contributed by atoms with Gasteiger partial charge in [-0.1, -0.05) is 24.6 Å². The lowest BCUT2D eigenvalue weighted by molar-refractivity contribution is 0.0516. The summed E-state index contributed by atoms with van der Waals surface area (Å²) >= 11 is 6.24. The van der Waals surface area contributed by atoms with Crippen LogP contribution in [0.2, 0.25) is 5.02 Å². The fraction of sp³-hybridized carbons (Fsp3) is 0.394. The largest absolute Gasteiger partial charge is 0.489 e. The number of hydrogen-bond donors (Lipinski definition) is 3. The second kappa shape index (κ2) is 12.2. The van der Waals surface area contributed by atoms with Crippen molar-refractivity contribution in [1.29, 1.82) is 0 Å². The number of anilines is 1. The van der Waals surface area contributed by atoms with E-state index in [4.69, 9.17) is 21.3 Å². The average molecular weight is 618 g/mol. The number of aromatic amines is 1. The molecule has 2 atom stereocenters. The molecule has 10 nitrogen and oxygen atoms in total. The van der Waals surface area contributed by atoms with Gasteiger partial charge in [-0.3, -0.25) is 24.3 Å². The van der Waals surface area contributed by atoms with Crippen molar-refractivity contribution in [3.63, 3.8) is 0 Å². The molecule has 0 spiro atoms. The van der Waals surface area contributed by atoms with E-state index in [0.717, 1.165) is 37.1 Å². The molecule has 230 valence electrons. The topological polar surface area (TPSA) is 127 Å². The van der Waals surface area contributed by atoms with Gasteiger partial charge in [0, 0.05) is 18.8 Å². The number of piperidine rings is 1. The molecule has 2 aromatic carbocycles. The maximum absolute atomic E-state index is 13.5. The number of amides is 2. The normalized spacial score (nSPS) is 19.4. The maximum atomic E-state index is 13.5. The standard InChI is InChI=1S/C33H36ClN5O5/c1-18-4-5-29(25(34)12-18)44-17-21(40)16-36-26-6-9-35-31(41)30(26)28-13-19(2)22-14-23-24(15-27(22)37-28)33(43)39(32(23)42)20-7-10-38(3)11-8-20/h4-6,9,12,14-15,19-21,40H,7-8,10-11,13,16-17H2,1-3H3,(H2,35,36,41). The molecule has 3 aliphatic rings. The van der Waals surface area contributed by atoms with Crippen molar-refractivity contribution in [2.24, 2.45) is 4.99 Å². The molecule has 11 heteroatoms. The summed E-state index contributed by atoms with van der Waals surface area (Å²) in [6.45, 7) is 5.76. The van der Waals surface area contributed by atoms with Crippen LogP contribution in [0.1, 0.15) is 69.5 Å². The van der Waals surface area contributed by atoms with E-state index >= 15 is 0 Å². The van der Waals surface area contributed by atoms with Gasteiger partial charge in [-0.2, -0.15) is 0 Å². The van der Waals surface area contributed by atoms with Gasteiger partial charge in [-0.15, -0.1) is 0 Å². The molecule has 2 unspecified atom stereocenters. The maximum Gasteiger partial charge on any atom is 0.261 e. The Kier molecular flexibility index (Phi) is 8.32. The Hall–Kier alpha value is -3.99. The number of aryl methyl sites for hydroxylation is 1. The number of nitrogens with zero attached hydrogens (tertiary/aromatic N) is 3. The summed E-state index contributed by atoms with van der Waals surface area (Å²) in [6, 6.07) is 10.6. The second-order valence-corrected chi connectivity index (χ2v) is 12.4.